The molecule has 17 heavy (non-hydrogen) atoms. The van der Waals surface area contributed by atoms with Gasteiger partial charge in [-0.15, -0.1) is 0 Å². The normalized spacial score (nSPS) is 10.3. The fraction of sp³-hybridized carbons (Fsp3) is 0.0909. The van der Waals surface area contributed by atoms with Crippen molar-refractivity contribution in [1.82, 2.24) is 4.98 Å². The van der Waals surface area contributed by atoms with Gasteiger partial charge in [0.15, 0.2) is 0 Å². The number of nitrogens with one attached hydrogen (secondary N) is 1. The molecule has 0 radical (unpaired) electrons. The molecule has 0 bridgehead atoms. The van der Waals surface area contributed by atoms with E-state index in [0.29, 0.717) is 27.2 Å². The molecule has 0 saturated heterocycles. The third-order valence-corrected chi connectivity index (χ3v) is 3.57. The molecule has 0 fully saturated rings. The molecule has 3 N–H and O–H groups in total. The summed E-state index contributed by atoms with van der Waals surface area (Å²) in [6.45, 7) is 1.88. The molecule has 1 aromatic heterocycles. The van der Waals surface area contributed by atoms with E-state index in [1.54, 1.807) is 0 Å². The molecule has 0 saturated carbocycles. The zero-order valence-electron chi connectivity index (χ0n) is 8.88. The lowest BCUT2D eigenvalue weighted by atomic mass is 10.1. The Kier molecular flexibility index (Phi) is 3.20. The van der Waals surface area contributed by atoms with E-state index < -0.39 is 0 Å². The summed E-state index contributed by atoms with van der Waals surface area (Å²) in [7, 11) is 0. The summed E-state index contributed by atoms with van der Waals surface area (Å²) in [5, 5.41) is 10.2. The van der Waals surface area contributed by atoms with Crippen molar-refractivity contribution in [2.24, 2.45) is 5.84 Å². The quantitative estimate of drug-likeness (QED) is 0.627. The molecule has 0 spiro atoms. The van der Waals surface area contributed by atoms with E-state index in [1.165, 1.54) is 6.20 Å². The van der Waals surface area contributed by atoms with Crippen LogP contribution in [0, 0.1) is 18.3 Å². The van der Waals surface area contributed by atoms with Gasteiger partial charge in [0.1, 0.15) is 6.07 Å². The maximum Gasteiger partial charge on any atom is 0.103 e. The van der Waals surface area contributed by atoms with E-state index in [1.807, 2.05) is 19.1 Å². The number of halogens is 2. The zero-order valence-corrected chi connectivity index (χ0v) is 11.2. The first-order valence-corrected chi connectivity index (χ1v) is 5.91. The molecule has 1 aromatic carbocycles. The van der Waals surface area contributed by atoms with Crippen LogP contribution in [0.2, 0.25) is 5.02 Å². The highest BCUT2D eigenvalue weighted by Crippen LogP contribution is 2.37. The van der Waals surface area contributed by atoms with Crippen LogP contribution in [0.1, 0.15) is 11.1 Å². The first-order chi connectivity index (χ1) is 8.10. The Hall–Kier alpha value is -1.35. The first-order valence-electron chi connectivity index (χ1n) is 4.74. The second-order valence-electron chi connectivity index (χ2n) is 3.52. The number of nitrogens with zero attached hydrogens (tertiary/aromatic N) is 2. The second-order valence-corrected chi connectivity index (χ2v) is 4.75. The molecule has 0 amide bonds. The number of nitrogens with two attached hydrogens (primary N) is 1. The van der Waals surface area contributed by atoms with Crippen LogP contribution in [-0.2, 0) is 0 Å². The fourth-order valence-corrected chi connectivity index (χ4v) is 2.54. The molecule has 0 unspecified atom stereocenters. The van der Waals surface area contributed by atoms with Gasteiger partial charge in [-0.1, -0.05) is 11.6 Å². The molecule has 6 heteroatoms. The molecule has 2 aromatic rings. The number of aryl methyl sites for hydroxylation is 1. The van der Waals surface area contributed by atoms with Gasteiger partial charge in [0.25, 0.3) is 0 Å². The number of benzene rings is 1. The van der Waals surface area contributed by atoms with Crippen LogP contribution in [0.4, 0.5) is 5.69 Å². The van der Waals surface area contributed by atoms with Gasteiger partial charge in [0.2, 0.25) is 0 Å². The number of hydrogen-bond acceptors (Lipinski definition) is 4. The first kappa shape index (κ1) is 12.1. The third-order valence-electron chi connectivity index (χ3n) is 2.48. The topological polar surface area (TPSA) is 74.7 Å². The van der Waals surface area contributed by atoms with E-state index in [0.717, 1.165) is 10.0 Å². The van der Waals surface area contributed by atoms with Gasteiger partial charge in [-0.05, 0) is 34.5 Å². The minimum atomic E-state index is 0.361. The van der Waals surface area contributed by atoms with E-state index in [2.05, 4.69) is 26.3 Å². The van der Waals surface area contributed by atoms with Gasteiger partial charge in [0, 0.05) is 16.1 Å². The fourth-order valence-electron chi connectivity index (χ4n) is 1.66. The SMILES string of the molecule is Cc1cc(Br)c2ncc(C#N)c(NN)c2c1Cl. The van der Waals surface area contributed by atoms with Crippen molar-refractivity contribution >= 4 is 44.1 Å². The number of aromatic nitrogens is 1. The Labute approximate surface area is 111 Å². The number of anilines is 1. The van der Waals surface area contributed by atoms with Gasteiger partial charge in [-0.2, -0.15) is 5.26 Å². The average Bonchev–Trinajstić information content (AvgIpc) is 2.34. The monoisotopic (exact) mass is 310 g/mol. The van der Waals surface area contributed by atoms with Gasteiger partial charge in [-0.25, -0.2) is 0 Å². The summed E-state index contributed by atoms with van der Waals surface area (Å²) in [6, 6.07) is 3.90. The van der Waals surface area contributed by atoms with Crippen molar-refractivity contribution in [1.29, 1.82) is 5.26 Å². The number of rotatable bonds is 1. The highest BCUT2D eigenvalue weighted by Gasteiger charge is 2.15. The summed E-state index contributed by atoms with van der Waals surface area (Å²) >= 11 is 9.66. The Morgan fingerprint density at radius 2 is 2.29 bits per heavy atom. The number of nitrogen functional groups attached to an aromatic ring is 1. The molecule has 0 atom stereocenters. The Balaban J connectivity index is 3.03. The summed E-state index contributed by atoms with van der Waals surface area (Å²) < 4.78 is 0.815. The Morgan fingerprint density at radius 1 is 1.59 bits per heavy atom. The minimum absolute atomic E-state index is 0.361. The predicted octanol–water partition coefficient (Wildman–Crippen LogP) is 3.12. The Morgan fingerprint density at radius 3 is 2.88 bits per heavy atom. The molecule has 0 aliphatic carbocycles. The standard InChI is InChI=1S/C11H8BrClN4/c1-5-2-7(12)11-8(9(5)13)10(17-15)6(3-14)4-16-11/h2,4H,15H2,1H3,(H,16,17). The van der Waals surface area contributed by atoms with E-state index in [-0.39, 0.29) is 0 Å². The van der Waals surface area contributed by atoms with Crippen molar-refractivity contribution in [2.75, 3.05) is 5.43 Å². The minimum Gasteiger partial charge on any atom is -0.322 e. The van der Waals surface area contributed by atoms with Crippen molar-refractivity contribution in [3.05, 3.63) is 32.9 Å². The van der Waals surface area contributed by atoms with Gasteiger partial charge < -0.3 is 5.43 Å². The van der Waals surface area contributed by atoms with Crippen molar-refractivity contribution < 1.29 is 0 Å². The molecule has 0 aliphatic rings. The molecule has 86 valence electrons. The van der Waals surface area contributed by atoms with Crippen LogP contribution < -0.4 is 11.3 Å². The largest absolute Gasteiger partial charge is 0.322 e. The number of hydrazine groups is 1. The van der Waals surface area contributed by atoms with E-state index in [9.17, 15) is 0 Å². The van der Waals surface area contributed by atoms with Crippen LogP contribution in [-0.4, -0.2) is 4.98 Å². The highest BCUT2D eigenvalue weighted by atomic mass is 79.9. The molecule has 4 nitrogen and oxygen atoms in total. The lowest BCUT2D eigenvalue weighted by Gasteiger charge is -2.11. The summed E-state index contributed by atoms with van der Waals surface area (Å²) in [4.78, 5) is 4.21. The van der Waals surface area contributed by atoms with Crippen LogP contribution in [0.25, 0.3) is 10.9 Å². The van der Waals surface area contributed by atoms with Crippen LogP contribution in [0.3, 0.4) is 0 Å². The predicted molar refractivity (Wildman–Crippen MR) is 71.7 cm³/mol. The maximum atomic E-state index is 9.00. The molecule has 0 aliphatic heterocycles. The smallest absolute Gasteiger partial charge is 0.103 e. The van der Waals surface area contributed by atoms with Gasteiger partial charge in [-0.3, -0.25) is 10.8 Å². The number of pyridine rings is 1. The average molecular weight is 312 g/mol. The lowest BCUT2D eigenvalue weighted by molar-refractivity contribution is 1.30. The van der Waals surface area contributed by atoms with Gasteiger partial charge >= 0.3 is 0 Å². The summed E-state index contributed by atoms with van der Waals surface area (Å²) in [5.74, 6) is 5.46. The maximum absolute atomic E-state index is 9.00. The molecule has 1 heterocycles. The zero-order chi connectivity index (χ0) is 12.6. The van der Waals surface area contributed by atoms with E-state index >= 15 is 0 Å². The van der Waals surface area contributed by atoms with Crippen molar-refractivity contribution in [2.45, 2.75) is 6.92 Å². The van der Waals surface area contributed by atoms with Crippen LogP contribution >= 0.6 is 27.5 Å². The molecule has 2 rings (SSSR count). The van der Waals surface area contributed by atoms with Gasteiger partial charge in [0.05, 0.1) is 21.8 Å². The van der Waals surface area contributed by atoms with Crippen LogP contribution in [0.15, 0.2) is 16.7 Å². The lowest BCUT2D eigenvalue weighted by Crippen LogP contribution is -2.10. The molecular weight excluding hydrogens is 304 g/mol. The summed E-state index contributed by atoms with van der Waals surface area (Å²) in [5.41, 5.74) is 4.93. The number of nitriles is 1. The molecular formula is C11H8BrClN4. The van der Waals surface area contributed by atoms with E-state index in [4.69, 9.17) is 22.7 Å². The number of hydrogen-bond donors (Lipinski definition) is 2. The third kappa shape index (κ3) is 1.84. The van der Waals surface area contributed by atoms with Crippen molar-refractivity contribution in [3.63, 3.8) is 0 Å². The van der Waals surface area contributed by atoms with Crippen molar-refractivity contribution in [3.8, 4) is 6.07 Å². The second kappa shape index (κ2) is 4.49. The van der Waals surface area contributed by atoms with Crippen LogP contribution in [0.5, 0.6) is 0 Å². The number of fused-ring (bicyclic) bond motifs is 1. The summed E-state index contributed by atoms with van der Waals surface area (Å²) in [6.07, 6.45) is 1.47. The Bertz CT molecular complexity index is 648. The highest BCUT2D eigenvalue weighted by molar-refractivity contribution is 9.10.